The summed E-state index contributed by atoms with van der Waals surface area (Å²) in [5, 5.41) is 16.8. The van der Waals surface area contributed by atoms with Gasteiger partial charge >= 0.3 is 0 Å². The molecule has 1 amide bonds. The highest BCUT2D eigenvalue weighted by Crippen LogP contribution is 2.16. The lowest BCUT2D eigenvalue weighted by atomic mass is 10.1. The number of nitrogens with zero attached hydrogens (tertiary/aromatic N) is 5. The standard InChI is InChI=1S/C22H29N7O2/c1-14-19(15(2)29-22(25-14)26-21(23)27-29)11-20(31)24-12-16-3-5-17(6-4-16)13-28-9-7-18(30)8-10-28/h3-6,18,30H,7-13H2,1-2H3,(H2,23,27)(H,24,31). The van der Waals surface area contributed by atoms with Gasteiger partial charge in [0.25, 0.3) is 5.78 Å². The Morgan fingerprint density at radius 3 is 2.55 bits per heavy atom. The van der Waals surface area contributed by atoms with Crippen LogP contribution in [0.4, 0.5) is 5.95 Å². The average molecular weight is 424 g/mol. The molecule has 1 fully saturated rings. The number of hydrogen-bond acceptors (Lipinski definition) is 7. The second-order valence-corrected chi connectivity index (χ2v) is 8.22. The number of nitrogens with two attached hydrogens (primary N) is 1. The summed E-state index contributed by atoms with van der Waals surface area (Å²) in [6, 6.07) is 8.31. The number of carbonyl (C=O) groups excluding carboxylic acids is 1. The van der Waals surface area contributed by atoms with E-state index in [1.165, 1.54) is 5.56 Å². The molecule has 3 aromatic rings. The first kappa shape index (κ1) is 21.2. The number of aryl methyl sites for hydroxylation is 2. The van der Waals surface area contributed by atoms with Gasteiger partial charge in [-0.15, -0.1) is 5.10 Å². The molecule has 1 aromatic carbocycles. The number of amides is 1. The smallest absolute Gasteiger partial charge is 0.254 e. The minimum Gasteiger partial charge on any atom is -0.393 e. The van der Waals surface area contributed by atoms with Crippen molar-refractivity contribution in [2.24, 2.45) is 0 Å². The van der Waals surface area contributed by atoms with Crippen molar-refractivity contribution in [2.45, 2.75) is 52.3 Å². The van der Waals surface area contributed by atoms with Crippen LogP contribution < -0.4 is 11.1 Å². The van der Waals surface area contributed by atoms with Crippen LogP contribution in [0.3, 0.4) is 0 Å². The van der Waals surface area contributed by atoms with E-state index in [2.05, 4.69) is 49.5 Å². The molecule has 0 saturated carbocycles. The molecule has 31 heavy (non-hydrogen) atoms. The zero-order valence-electron chi connectivity index (χ0n) is 18.0. The SMILES string of the molecule is Cc1nc2nc(N)nn2c(C)c1CC(=O)NCc1ccc(CN2CCC(O)CC2)cc1. The van der Waals surface area contributed by atoms with Crippen LogP contribution in [-0.2, 0) is 24.3 Å². The summed E-state index contributed by atoms with van der Waals surface area (Å²) >= 11 is 0. The van der Waals surface area contributed by atoms with Crippen molar-refractivity contribution in [3.05, 3.63) is 52.3 Å². The van der Waals surface area contributed by atoms with Crippen LogP contribution in [0.15, 0.2) is 24.3 Å². The van der Waals surface area contributed by atoms with Crippen LogP contribution in [-0.4, -0.2) is 54.7 Å². The van der Waals surface area contributed by atoms with E-state index in [4.69, 9.17) is 5.73 Å². The number of nitrogens with one attached hydrogen (secondary N) is 1. The van der Waals surface area contributed by atoms with Crippen LogP contribution in [0.1, 0.15) is 40.9 Å². The Labute approximate surface area is 181 Å². The number of likely N-dealkylation sites (tertiary alicyclic amines) is 1. The van der Waals surface area contributed by atoms with E-state index >= 15 is 0 Å². The number of fused-ring (bicyclic) bond motifs is 1. The molecule has 164 valence electrons. The molecular weight excluding hydrogens is 394 g/mol. The molecule has 0 radical (unpaired) electrons. The van der Waals surface area contributed by atoms with E-state index in [9.17, 15) is 9.90 Å². The molecule has 9 heteroatoms. The normalized spacial score (nSPS) is 15.5. The van der Waals surface area contributed by atoms with Crippen molar-refractivity contribution >= 4 is 17.6 Å². The lowest BCUT2D eigenvalue weighted by Gasteiger charge is -2.29. The van der Waals surface area contributed by atoms with Crippen LogP contribution in [0.25, 0.3) is 5.78 Å². The lowest BCUT2D eigenvalue weighted by Crippen LogP contribution is -2.35. The van der Waals surface area contributed by atoms with E-state index in [1.807, 2.05) is 13.8 Å². The van der Waals surface area contributed by atoms with Gasteiger partial charge < -0.3 is 16.2 Å². The van der Waals surface area contributed by atoms with Gasteiger partial charge in [0.1, 0.15) is 0 Å². The molecule has 1 aliphatic rings. The van der Waals surface area contributed by atoms with Gasteiger partial charge in [-0.1, -0.05) is 24.3 Å². The Morgan fingerprint density at radius 2 is 1.84 bits per heavy atom. The predicted octanol–water partition coefficient (Wildman–Crippen LogP) is 1.14. The maximum Gasteiger partial charge on any atom is 0.254 e. The number of benzene rings is 1. The van der Waals surface area contributed by atoms with Crippen LogP contribution in [0.2, 0.25) is 0 Å². The Hall–Kier alpha value is -3.04. The van der Waals surface area contributed by atoms with E-state index in [-0.39, 0.29) is 24.4 Å². The fourth-order valence-corrected chi connectivity index (χ4v) is 4.00. The number of aliphatic hydroxyl groups excluding tert-OH is 1. The molecule has 0 bridgehead atoms. The molecule has 3 heterocycles. The molecule has 2 aromatic heterocycles. The molecule has 1 saturated heterocycles. The van der Waals surface area contributed by atoms with Gasteiger partial charge in [-0.3, -0.25) is 9.69 Å². The minimum atomic E-state index is -0.151. The van der Waals surface area contributed by atoms with Crippen molar-refractivity contribution in [1.82, 2.24) is 29.8 Å². The van der Waals surface area contributed by atoms with Gasteiger partial charge in [-0.25, -0.2) is 4.98 Å². The van der Waals surface area contributed by atoms with E-state index in [0.717, 1.165) is 55.0 Å². The Balaban J connectivity index is 1.32. The highest BCUT2D eigenvalue weighted by atomic mass is 16.3. The van der Waals surface area contributed by atoms with Gasteiger partial charge in [-0.05, 0) is 37.8 Å². The number of nitrogen functional groups attached to an aromatic ring is 1. The molecule has 1 aliphatic heterocycles. The molecule has 4 rings (SSSR count). The molecule has 0 atom stereocenters. The first-order chi connectivity index (χ1) is 14.9. The van der Waals surface area contributed by atoms with Gasteiger partial charge in [0, 0.05) is 43.1 Å². The Bertz CT molecular complexity index is 1070. The number of carbonyl (C=O) groups is 1. The number of aliphatic hydroxyl groups is 1. The van der Waals surface area contributed by atoms with Crippen LogP contribution in [0.5, 0.6) is 0 Å². The van der Waals surface area contributed by atoms with E-state index < -0.39 is 0 Å². The van der Waals surface area contributed by atoms with Crippen LogP contribution >= 0.6 is 0 Å². The largest absolute Gasteiger partial charge is 0.393 e. The molecule has 0 unspecified atom stereocenters. The first-order valence-corrected chi connectivity index (χ1v) is 10.6. The Kier molecular flexibility index (Phi) is 6.15. The van der Waals surface area contributed by atoms with Crippen molar-refractivity contribution in [1.29, 1.82) is 0 Å². The lowest BCUT2D eigenvalue weighted by molar-refractivity contribution is -0.120. The number of aromatic nitrogens is 4. The summed E-state index contributed by atoms with van der Waals surface area (Å²) in [5.41, 5.74) is 10.4. The topological polar surface area (TPSA) is 122 Å². The third-order valence-corrected chi connectivity index (χ3v) is 5.88. The van der Waals surface area contributed by atoms with Crippen molar-refractivity contribution < 1.29 is 9.90 Å². The maximum atomic E-state index is 12.6. The highest BCUT2D eigenvalue weighted by molar-refractivity contribution is 5.79. The maximum absolute atomic E-state index is 12.6. The molecule has 9 nitrogen and oxygen atoms in total. The minimum absolute atomic E-state index is 0.0728. The third-order valence-electron chi connectivity index (χ3n) is 5.88. The van der Waals surface area contributed by atoms with E-state index in [1.54, 1.807) is 4.52 Å². The van der Waals surface area contributed by atoms with Gasteiger partial charge in [0.05, 0.1) is 12.5 Å². The highest BCUT2D eigenvalue weighted by Gasteiger charge is 2.17. The summed E-state index contributed by atoms with van der Waals surface area (Å²) in [5.74, 6) is 0.534. The Morgan fingerprint density at radius 1 is 1.16 bits per heavy atom. The molecule has 0 spiro atoms. The zero-order valence-corrected chi connectivity index (χ0v) is 18.0. The quantitative estimate of drug-likeness (QED) is 0.543. The summed E-state index contributed by atoms with van der Waals surface area (Å²) in [6.07, 6.45) is 1.76. The van der Waals surface area contributed by atoms with E-state index in [0.29, 0.717) is 12.3 Å². The number of anilines is 1. The average Bonchev–Trinajstić information content (AvgIpc) is 3.12. The fourth-order valence-electron chi connectivity index (χ4n) is 4.00. The summed E-state index contributed by atoms with van der Waals surface area (Å²) in [6.45, 7) is 6.97. The summed E-state index contributed by atoms with van der Waals surface area (Å²) < 4.78 is 1.58. The molecule has 0 aliphatic carbocycles. The first-order valence-electron chi connectivity index (χ1n) is 10.6. The van der Waals surface area contributed by atoms with Gasteiger partial charge in [-0.2, -0.15) is 9.50 Å². The van der Waals surface area contributed by atoms with Crippen molar-refractivity contribution in [3.63, 3.8) is 0 Å². The van der Waals surface area contributed by atoms with Crippen molar-refractivity contribution in [3.8, 4) is 0 Å². The zero-order chi connectivity index (χ0) is 22.0. The van der Waals surface area contributed by atoms with Crippen molar-refractivity contribution in [2.75, 3.05) is 18.8 Å². The second kappa shape index (κ2) is 8.99. The number of rotatable bonds is 6. The summed E-state index contributed by atoms with van der Waals surface area (Å²) in [4.78, 5) is 23.4. The number of hydrogen-bond donors (Lipinski definition) is 3. The number of piperidine rings is 1. The van der Waals surface area contributed by atoms with Gasteiger partial charge in [0.2, 0.25) is 11.9 Å². The third kappa shape index (κ3) is 5.00. The molecule has 4 N–H and O–H groups in total. The fraction of sp³-hybridized carbons (Fsp3) is 0.455. The monoisotopic (exact) mass is 423 g/mol. The second-order valence-electron chi connectivity index (χ2n) is 8.22. The summed E-state index contributed by atoms with van der Waals surface area (Å²) in [7, 11) is 0. The van der Waals surface area contributed by atoms with Gasteiger partial charge in [0.15, 0.2) is 0 Å². The van der Waals surface area contributed by atoms with Crippen LogP contribution in [0, 0.1) is 13.8 Å². The predicted molar refractivity (Wildman–Crippen MR) is 117 cm³/mol. The molecular formula is C22H29N7O2.